The number of likely N-dealkylation sites (N-methyl/N-ethyl adjacent to an activating group) is 1. The smallest absolute Gasteiger partial charge is 0.323 e. The van der Waals surface area contributed by atoms with Crippen LogP contribution in [0.4, 0.5) is 0 Å². The standard InChI is InChI=1S/C12H17NO3/c1-13-11(12(14)16-3)8-9-4-6-10(15-2)7-5-9/h4-7,11,13H,8H2,1-3H3. The number of carbonyl (C=O) groups is 1. The van der Waals surface area contributed by atoms with Crippen LogP contribution in [0.1, 0.15) is 5.56 Å². The van der Waals surface area contributed by atoms with E-state index in [4.69, 9.17) is 9.47 Å². The number of benzene rings is 1. The highest BCUT2D eigenvalue weighted by molar-refractivity contribution is 5.76. The molecule has 0 aliphatic heterocycles. The van der Waals surface area contributed by atoms with Gasteiger partial charge in [-0.05, 0) is 31.2 Å². The van der Waals surface area contributed by atoms with Gasteiger partial charge in [0.25, 0.3) is 0 Å². The first-order valence-corrected chi connectivity index (χ1v) is 5.09. The van der Waals surface area contributed by atoms with Crippen molar-refractivity contribution in [2.45, 2.75) is 12.5 Å². The fraction of sp³-hybridized carbons (Fsp3) is 0.417. The molecule has 4 heteroatoms. The van der Waals surface area contributed by atoms with Gasteiger partial charge in [0.15, 0.2) is 0 Å². The van der Waals surface area contributed by atoms with Gasteiger partial charge in [0.1, 0.15) is 11.8 Å². The van der Waals surface area contributed by atoms with Gasteiger partial charge in [-0.2, -0.15) is 0 Å². The van der Waals surface area contributed by atoms with E-state index in [0.29, 0.717) is 6.42 Å². The van der Waals surface area contributed by atoms with Crippen molar-refractivity contribution >= 4 is 5.97 Å². The molecular formula is C12H17NO3. The topological polar surface area (TPSA) is 47.6 Å². The number of carbonyl (C=O) groups excluding carboxylic acids is 1. The van der Waals surface area contributed by atoms with Crippen LogP contribution < -0.4 is 10.1 Å². The minimum absolute atomic E-state index is 0.252. The third-order valence-corrected chi connectivity index (χ3v) is 2.43. The van der Waals surface area contributed by atoms with Crippen molar-refractivity contribution in [2.24, 2.45) is 0 Å². The van der Waals surface area contributed by atoms with Crippen molar-refractivity contribution in [1.82, 2.24) is 5.32 Å². The first kappa shape index (κ1) is 12.5. The molecule has 0 heterocycles. The number of rotatable bonds is 5. The number of hydrogen-bond acceptors (Lipinski definition) is 4. The summed E-state index contributed by atoms with van der Waals surface area (Å²) >= 11 is 0. The summed E-state index contributed by atoms with van der Waals surface area (Å²) in [6.07, 6.45) is 0.604. The maximum atomic E-state index is 11.4. The zero-order chi connectivity index (χ0) is 12.0. The Balaban J connectivity index is 2.66. The quantitative estimate of drug-likeness (QED) is 0.756. The van der Waals surface area contributed by atoms with Crippen LogP contribution in [0.5, 0.6) is 5.75 Å². The van der Waals surface area contributed by atoms with E-state index < -0.39 is 0 Å². The van der Waals surface area contributed by atoms with Gasteiger partial charge in [0.05, 0.1) is 14.2 Å². The molecule has 0 radical (unpaired) electrons. The van der Waals surface area contributed by atoms with Crippen molar-refractivity contribution in [3.8, 4) is 5.75 Å². The van der Waals surface area contributed by atoms with Crippen LogP contribution in [0.2, 0.25) is 0 Å². The molecule has 0 aliphatic carbocycles. The van der Waals surface area contributed by atoms with E-state index in [-0.39, 0.29) is 12.0 Å². The van der Waals surface area contributed by atoms with E-state index in [1.165, 1.54) is 7.11 Å². The Morgan fingerprint density at radius 2 is 1.94 bits per heavy atom. The normalized spacial score (nSPS) is 11.9. The SMILES string of the molecule is CNC(Cc1ccc(OC)cc1)C(=O)OC. The van der Waals surface area contributed by atoms with Crippen LogP contribution in [0, 0.1) is 0 Å². The summed E-state index contributed by atoms with van der Waals surface area (Å²) in [6, 6.07) is 7.31. The van der Waals surface area contributed by atoms with Crippen LogP contribution in [0.25, 0.3) is 0 Å². The van der Waals surface area contributed by atoms with E-state index in [9.17, 15) is 4.79 Å². The van der Waals surface area contributed by atoms with Crippen molar-refractivity contribution in [3.63, 3.8) is 0 Å². The second kappa shape index (κ2) is 6.12. The van der Waals surface area contributed by atoms with Crippen molar-refractivity contribution in [3.05, 3.63) is 29.8 Å². The predicted molar refractivity (Wildman–Crippen MR) is 61.6 cm³/mol. The zero-order valence-electron chi connectivity index (χ0n) is 9.82. The number of ether oxygens (including phenoxy) is 2. The number of nitrogens with one attached hydrogen (secondary N) is 1. The van der Waals surface area contributed by atoms with E-state index >= 15 is 0 Å². The average Bonchev–Trinajstić information content (AvgIpc) is 2.35. The van der Waals surface area contributed by atoms with Gasteiger partial charge >= 0.3 is 5.97 Å². The molecular weight excluding hydrogens is 206 g/mol. The molecule has 4 nitrogen and oxygen atoms in total. The van der Waals surface area contributed by atoms with E-state index in [1.54, 1.807) is 14.2 Å². The second-order valence-corrected chi connectivity index (χ2v) is 3.42. The maximum absolute atomic E-state index is 11.4. The Morgan fingerprint density at radius 3 is 2.38 bits per heavy atom. The molecule has 1 aromatic rings. The Morgan fingerprint density at radius 1 is 1.31 bits per heavy atom. The molecule has 1 unspecified atom stereocenters. The third-order valence-electron chi connectivity index (χ3n) is 2.43. The molecule has 88 valence electrons. The second-order valence-electron chi connectivity index (χ2n) is 3.42. The minimum Gasteiger partial charge on any atom is -0.497 e. The summed E-state index contributed by atoms with van der Waals surface area (Å²) < 4.78 is 9.76. The molecule has 1 N–H and O–H groups in total. The van der Waals surface area contributed by atoms with Crippen LogP contribution in [0.15, 0.2) is 24.3 Å². The summed E-state index contributed by atoms with van der Waals surface area (Å²) in [5, 5.41) is 2.92. The van der Waals surface area contributed by atoms with Gasteiger partial charge in [-0.25, -0.2) is 0 Å². The molecule has 0 fully saturated rings. The van der Waals surface area contributed by atoms with E-state index in [1.807, 2.05) is 24.3 Å². The first-order chi connectivity index (χ1) is 7.71. The van der Waals surface area contributed by atoms with Crippen molar-refractivity contribution in [2.75, 3.05) is 21.3 Å². The molecule has 0 saturated carbocycles. The van der Waals surface area contributed by atoms with Gasteiger partial charge in [0, 0.05) is 0 Å². The Kier molecular flexibility index (Phi) is 4.79. The molecule has 0 saturated heterocycles. The van der Waals surface area contributed by atoms with Gasteiger partial charge in [-0.15, -0.1) is 0 Å². The van der Waals surface area contributed by atoms with Crippen molar-refractivity contribution in [1.29, 1.82) is 0 Å². The number of methoxy groups -OCH3 is 2. The van der Waals surface area contributed by atoms with E-state index in [2.05, 4.69) is 5.32 Å². The van der Waals surface area contributed by atoms with Crippen LogP contribution in [0.3, 0.4) is 0 Å². The molecule has 0 aromatic heterocycles. The maximum Gasteiger partial charge on any atom is 0.323 e. The van der Waals surface area contributed by atoms with Gasteiger partial charge in [-0.1, -0.05) is 12.1 Å². The van der Waals surface area contributed by atoms with Crippen LogP contribution >= 0.6 is 0 Å². The van der Waals surface area contributed by atoms with Gasteiger partial charge < -0.3 is 14.8 Å². The minimum atomic E-state index is -0.307. The molecule has 0 amide bonds. The summed E-state index contributed by atoms with van der Waals surface area (Å²) in [4.78, 5) is 11.4. The molecule has 0 spiro atoms. The van der Waals surface area contributed by atoms with Crippen LogP contribution in [-0.2, 0) is 16.0 Å². The average molecular weight is 223 g/mol. The Labute approximate surface area is 95.6 Å². The molecule has 0 aliphatic rings. The molecule has 1 rings (SSSR count). The molecule has 16 heavy (non-hydrogen) atoms. The summed E-state index contributed by atoms with van der Waals surface area (Å²) in [7, 11) is 4.76. The fourth-order valence-corrected chi connectivity index (χ4v) is 1.44. The largest absolute Gasteiger partial charge is 0.497 e. The fourth-order valence-electron chi connectivity index (χ4n) is 1.44. The number of esters is 1. The Bertz CT molecular complexity index is 335. The Hall–Kier alpha value is -1.55. The van der Waals surface area contributed by atoms with Gasteiger partial charge in [0.2, 0.25) is 0 Å². The predicted octanol–water partition coefficient (Wildman–Crippen LogP) is 0.999. The number of hydrogen-bond donors (Lipinski definition) is 1. The summed E-state index contributed by atoms with van der Waals surface area (Å²) in [6.45, 7) is 0. The summed E-state index contributed by atoms with van der Waals surface area (Å²) in [5.41, 5.74) is 1.06. The first-order valence-electron chi connectivity index (χ1n) is 5.09. The lowest BCUT2D eigenvalue weighted by Gasteiger charge is -2.13. The lowest BCUT2D eigenvalue weighted by molar-refractivity contribution is -0.142. The van der Waals surface area contributed by atoms with Crippen LogP contribution in [-0.4, -0.2) is 33.3 Å². The highest BCUT2D eigenvalue weighted by Crippen LogP contribution is 2.12. The third kappa shape index (κ3) is 3.24. The van der Waals surface area contributed by atoms with Gasteiger partial charge in [-0.3, -0.25) is 4.79 Å². The molecule has 0 bridgehead atoms. The lowest BCUT2D eigenvalue weighted by Crippen LogP contribution is -2.36. The highest BCUT2D eigenvalue weighted by Gasteiger charge is 2.16. The monoisotopic (exact) mass is 223 g/mol. The van der Waals surface area contributed by atoms with Crippen molar-refractivity contribution < 1.29 is 14.3 Å². The summed E-state index contributed by atoms with van der Waals surface area (Å²) in [5.74, 6) is 0.557. The highest BCUT2D eigenvalue weighted by atomic mass is 16.5. The lowest BCUT2D eigenvalue weighted by atomic mass is 10.1. The zero-order valence-corrected chi connectivity index (χ0v) is 9.82. The van der Waals surface area contributed by atoms with E-state index in [0.717, 1.165) is 11.3 Å². The molecule has 1 aromatic carbocycles. The molecule has 1 atom stereocenters.